The lowest BCUT2D eigenvalue weighted by Crippen LogP contribution is -2.21. The second-order valence-corrected chi connectivity index (χ2v) is 6.68. The zero-order chi connectivity index (χ0) is 17.3. The molecule has 24 heavy (non-hydrogen) atoms. The van der Waals surface area contributed by atoms with Crippen molar-refractivity contribution in [1.29, 1.82) is 0 Å². The maximum Gasteiger partial charge on any atom is 0.265 e. The van der Waals surface area contributed by atoms with Gasteiger partial charge >= 0.3 is 0 Å². The lowest BCUT2D eigenvalue weighted by Gasteiger charge is -2.07. The summed E-state index contributed by atoms with van der Waals surface area (Å²) in [6.07, 6.45) is 1.89. The van der Waals surface area contributed by atoms with Crippen molar-refractivity contribution in [3.05, 3.63) is 47.1 Å². The van der Waals surface area contributed by atoms with Crippen molar-refractivity contribution in [3.63, 3.8) is 0 Å². The molecule has 0 radical (unpaired) electrons. The largest absolute Gasteiger partial charge is 0.344 e. The Balaban J connectivity index is 1.73. The van der Waals surface area contributed by atoms with Gasteiger partial charge in [0, 0.05) is 25.8 Å². The lowest BCUT2D eigenvalue weighted by atomic mass is 10.2. The van der Waals surface area contributed by atoms with Crippen molar-refractivity contribution < 1.29 is 9.59 Å². The van der Waals surface area contributed by atoms with Crippen LogP contribution in [-0.4, -0.2) is 40.4 Å². The number of anilines is 1. The number of aromatic nitrogens is 2. The molecule has 0 bridgehead atoms. The molecule has 2 amide bonds. The van der Waals surface area contributed by atoms with Gasteiger partial charge < -0.3 is 14.8 Å². The first kappa shape index (κ1) is 16.2. The zero-order valence-electron chi connectivity index (χ0n) is 13.7. The predicted molar refractivity (Wildman–Crippen MR) is 95.4 cm³/mol. The van der Waals surface area contributed by atoms with E-state index in [2.05, 4.69) is 10.3 Å². The minimum Gasteiger partial charge on any atom is -0.344 e. The number of nitrogens with zero attached hydrogens (tertiary/aromatic N) is 3. The van der Waals surface area contributed by atoms with Crippen molar-refractivity contribution in [2.45, 2.75) is 13.5 Å². The molecule has 0 aliphatic heterocycles. The van der Waals surface area contributed by atoms with Crippen LogP contribution in [0.25, 0.3) is 10.9 Å². The van der Waals surface area contributed by atoms with E-state index < -0.39 is 0 Å². The highest BCUT2D eigenvalue weighted by molar-refractivity contribution is 7.17. The smallest absolute Gasteiger partial charge is 0.265 e. The van der Waals surface area contributed by atoms with Crippen molar-refractivity contribution in [3.8, 4) is 0 Å². The van der Waals surface area contributed by atoms with E-state index in [0.717, 1.165) is 10.9 Å². The second-order valence-electron chi connectivity index (χ2n) is 5.68. The summed E-state index contributed by atoms with van der Waals surface area (Å²) >= 11 is 1.20. The van der Waals surface area contributed by atoms with Crippen molar-refractivity contribution in [1.82, 2.24) is 14.5 Å². The van der Waals surface area contributed by atoms with Crippen LogP contribution >= 0.6 is 11.3 Å². The molecule has 124 valence electrons. The number of amides is 2. The fourth-order valence-electron chi connectivity index (χ4n) is 2.44. The van der Waals surface area contributed by atoms with E-state index in [0.29, 0.717) is 15.7 Å². The predicted octanol–water partition coefficient (Wildman–Crippen LogP) is 2.75. The molecule has 0 atom stereocenters. The van der Waals surface area contributed by atoms with Crippen LogP contribution in [0.1, 0.15) is 15.4 Å². The van der Waals surface area contributed by atoms with Crippen molar-refractivity contribution in [2.24, 2.45) is 0 Å². The van der Waals surface area contributed by atoms with Gasteiger partial charge in [-0.3, -0.25) is 9.59 Å². The van der Waals surface area contributed by atoms with Crippen molar-refractivity contribution in [2.75, 3.05) is 19.4 Å². The van der Waals surface area contributed by atoms with E-state index in [4.69, 9.17) is 0 Å². The molecule has 3 aromatic rings. The van der Waals surface area contributed by atoms with Crippen molar-refractivity contribution >= 4 is 39.2 Å². The van der Waals surface area contributed by atoms with E-state index in [-0.39, 0.29) is 18.4 Å². The average molecular weight is 342 g/mol. The molecule has 0 saturated carbocycles. The minimum atomic E-state index is -0.172. The van der Waals surface area contributed by atoms with Crippen LogP contribution in [0.15, 0.2) is 36.5 Å². The Morgan fingerprint density at radius 2 is 2.00 bits per heavy atom. The number of hydrogen-bond acceptors (Lipinski definition) is 4. The lowest BCUT2D eigenvalue weighted by molar-refractivity contribution is -0.116. The standard InChI is InChI=1S/C17H18N4O2S/c1-11-15(16(23)20(2)3)24-17(18-11)19-14(22)10-21-9-8-12-6-4-5-7-13(12)21/h4-9H,10H2,1-3H3,(H,18,19,22). The summed E-state index contributed by atoms with van der Waals surface area (Å²) in [7, 11) is 3.38. The molecular formula is C17H18N4O2S. The summed E-state index contributed by atoms with van der Waals surface area (Å²) in [4.78, 5) is 30.7. The van der Waals surface area contributed by atoms with Crippen LogP contribution in [0.5, 0.6) is 0 Å². The monoisotopic (exact) mass is 342 g/mol. The Hall–Kier alpha value is -2.67. The number of nitrogens with one attached hydrogen (secondary N) is 1. The normalized spacial score (nSPS) is 10.8. The number of carbonyl (C=O) groups is 2. The SMILES string of the molecule is Cc1nc(NC(=O)Cn2ccc3ccccc32)sc1C(=O)N(C)C. The molecule has 7 heteroatoms. The van der Waals surface area contributed by atoms with Crippen LogP contribution in [0.2, 0.25) is 0 Å². The summed E-state index contributed by atoms with van der Waals surface area (Å²) in [5, 5.41) is 4.31. The summed E-state index contributed by atoms with van der Waals surface area (Å²) in [6.45, 7) is 1.96. The van der Waals surface area contributed by atoms with Crippen LogP contribution in [-0.2, 0) is 11.3 Å². The highest BCUT2D eigenvalue weighted by Crippen LogP contribution is 2.23. The van der Waals surface area contributed by atoms with Gasteiger partial charge in [-0.05, 0) is 24.4 Å². The molecule has 6 nitrogen and oxygen atoms in total. The van der Waals surface area contributed by atoms with Gasteiger partial charge in [-0.2, -0.15) is 0 Å². The molecule has 0 saturated heterocycles. The Labute approximate surface area is 143 Å². The quantitative estimate of drug-likeness (QED) is 0.793. The van der Waals surface area contributed by atoms with Gasteiger partial charge in [0.2, 0.25) is 5.91 Å². The molecule has 0 aliphatic carbocycles. The van der Waals surface area contributed by atoms with Gasteiger partial charge in [0.15, 0.2) is 5.13 Å². The van der Waals surface area contributed by atoms with Crippen LogP contribution in [0.4, 0.5) is 5.13 Å². The molecule has 2 aromatic heterocycles. The Bertz CT molecular complexity index is 910. The minimum absolute atomic E-state index is 0.109. The number of aryl methyl sites for hydroxylation is 1. The van der Waals surface area contributed by atoms with Gasteiger partial charge in [0.1, 0.15) is 11.4 Å². The Morgan fingerprint density at radius 3 is 2.75 bits per heavy atom. The number of hydrogen-bond donors (Lipinski definition) is 1. The summed E-state index contributed by atoms with van der Waals surface area (Å²) < 4.78 is 1.89. The third-order valence-corrected chi connectivity index (χ3v) is 4.70. The molecular weight excluding hydrogens is 324 g/mol. The first-order chi connectivity index (χ1) is 11.5. The third-order valence-electron chi connectivity index (χ3n) is 3.64. The molecule has 2 heterocycles. The van der Waals surface area contributed by atoms with Crippen LogP contribution in [0, 0.1) is 6.92 Å². The van der Waals surface area contributed by atoms with Gasteiger partial charge in [-0.25, -0.2) is 4.98 Å². The number of rotatable bonds is 4. The number of para-hydroxylation sites is 1. The fourth-order valence-corrected chi connectivity index (χ4v) is 3.45. The second kappa shape index (κ2) is 6.45. The number of thiazole rings is 1. The molecule has 0 aliphatic rings. The zero-order valence-corrected chi connectivity index (χ0v) is 14.6. The van der Waals surface area contributed by atoms with Gasteiger partial charge in [0.25, 0.3) is 5.91 Å². The summed E-state index contributed by atoms with van der Waals surface area (Å²) in [6, 6.07) is 9.87. The molecule has 0 fully saturated rings. The first-order valence-corrected chi connectivity index (χ1v) is 8.30. The van der Waals surface area contributed by atoms with E-state index in [1.165, 1.54) is 16.2 Å². The summed E-state index contributed by atoms with van der Waals surface area (Å²) in [5.74, 6) is -0.282. The topological polar surface area (TPSA) is 67.2 Å². The van der Waals surface area contributed by atoms with E-state index >= 15 is 0 Å². The number of carbonyl (C=O) groups excluding carboxylic acids is 2. The fraction of sp³-hybridized carbons (Fsp3) is 0.235. The molecule has 1 N–H and O–H groups in total. The van der Waals surface area contributed by atoms with Gasteiger partial charge in [0.05, 0.1) is 5.69 Å². The molecule has 0 spiro atoms. The Kier molecular flexibility index (Phi) is 4.35. The molecule has 0 unspecified atom stereocenters. The highest BCUT2D eigenvalue weighted by Gasteiger charge is 2.18. The number of fused-ring (bicyclic) bond motifs is 1. The maximum atomic E-state index is 12.3. The van der Waals surface area contributed by atoms with Crippen LogP contribution in [0.3, 0.4) is 0 Å². The van der Waals surface area contributed by atoms with E-state index in [1.807, 2.05) is 41.1 Å². The maximum absolute atomic E-state index is 12.3. The van der Waals surface area contributed by atoms with Crippen LogP contribution < -0.4 is 5.32 Å². The van der Waals surface area contributed by atoms with Gasteiger partial charge in [-0.1, -0.05) is 29.5 Å². The average Bonchev–Trinajstić information content (AvgIpc) is 3.10. The molecule has 1 aromatic carbocycles. The first-order valence-electron chi connectivity index (χ1n) is 7.48. The number of benzene rings is 1. The van der Waals surface area contributed by atoms with Gasteiger partial charge in [-0.15, -0.1) is 0 Å². The Morgan fingerprint density at radius 1 is 1.25 bits per heavy atom. The highest BCUT2D eigenvalue weighted by atomic mass is 32.1. The third kappa shape index (κ3) is 3.16. The van der Waals surface area contributed by atoms with E-state index in [1.54, 1.807) is 21.0 Å². The summed E-state index contributed by atoms with van der Waals surface area (Å²) in [5.41, 5.74) is 1.63. The van der Waals surface area contributed by atoms with E-state index in [9.17, 15) is 9.59 Å². The molecule has 3 rings (SSSR count).